The molecule has 0 fully saturated rings. The van der Waals surface area contributed by atoms with E-state index in [-0.39, 0.29) is 11.5 Å². The summed E-state index contributed by atoms with van der Waals surface area (Å²) in [6.07, 6.45) is 2.91. The van der Waals surface area contributed by atoms with Crippen molar-refractivity contribution in [1.82, 2.24) is 0 Å². The highest BCUT2D eigenvalue weighted by Crippen LogP contribution is 2.28. The van der Waals surface area contributed by atoms with E-state index in [0.717, 1.165) is 5.39 Å². The van der Waals surface area contributed by atoms with Crippen LogP contribution >= 0.6 is 0 Å². The second-order valence-corrected chi connectivity index (χ2v) is 5.49. The molecule has 0 aliphatic heterocycles. The monoisotopic (exact) mass is 274 g/mol. The van der Waals surface area contributed by atoms with Gasteiger partial charge in [0.2, 0.25) is 0 Å². The summed E-state index contributed by atoms with van der Waals surface area (Å²) in [5.74, 6) is 0. The van der Waals surface area contributed by atoms with E-state index < -0.39 is 10.1 Å². The summed E-state index contributed by atoms with van der Waals surface area (Å²) in [7, 11) is -3.83. The second kappa shape index (κ2) is 5.38. The Labute approximate surface area is 113 Å². The van der Waals surface area contributed by atoms with Crippen LogP contribution < -0.4 is 0 Å². The third-order valence-electron chi connectivity index (χ3n) is 2.72. The number of hydrogen-bond donors (Lipinski definition) is 0. The average molecular weight is 274 g/mol. The van der Waals surface area contributed by atoms with Gasteiger partial charge in [-0.05, 0) is 10.9 Å². The molecule has 0 aliphatic rings. The first-order valence-corrected chi connectivity index (χ1v) is 7.15. The predicted molar refractivity (Wildman–Crippen MR) is 77.4 cm³/mol. The highest BCUT2D eigenvalue weighted by molar-refractivity contribution is 7.87. The van der Waals surface area contributed by atoms with Gasteiger partial charge in [0.1, 0.15) is 4.90 Å². The minimum Gasteiger partial charge on any atom is -0.262 e. The van der Waals surface area contributed by atoms with E-state index in [9.17, 15) is 8.42 Å². The summed E-state index contributed by atoms with van der Waals surface area (Å²) < 4.78 is 29.5. The molecule has 0 saturated carbocycles. The van der Waals surface area contributed by atoms with Crippen LogP contribution in [0.25, 0.3) is 16.8 Å². The van der Waals surface area contributed by atoms with Crippen LogP contribution in [0.3, 0.4) is 0 Å². The fourth-order valence-corrected chi connectivity index (χ4v) is 3.18. The van der Waals surface area contributed by atoms with E-state index in [1.807, 2.05) is 18.2 Å². The quantitative estimate of drug-likeness (QED) is 0.620. The highest BCUT2D eigenvalue weighted by Gasteiger charge is 2.21. The molecule has 0 aromatic heterocycles. The van der Waals surface area contributed by atoms with Gasteiger partial charge in [0.15, 0.2) is 0 Å². The van der Waals surface area contributed by atoms with Crippen molar-refractivity contribution in [1.29, 1.82) is 0 Å². The molecule has 0 radical (unpaired) electrons. The van der Waals surface area contributed by atoms with E-state index in [1.54, 1.807) is 18.2 Å². The molecule has 0 atom stereocenters. The number of rotatable bonds is 5. The van der Waals surface area contributed by atoms with E-state index in [2.05, 4.69) is 13.2 Å². The Kier molecular flexibility index (Phi) is 3.83. The molecule has 2 aromatic carbocycles. The topological polar surface area (TPSA) is 43.4 Å². The first kappa shape index (κ1) is 13.5. The van der Waals surface area contributed by atoms with Crippen LogP contribution in [0.2, 0.25) is 0 Å². The van der Waals surface area contributed by atoms with Crippen LogP contribution in [0.1, 0.15) is 5.56 Å². The van der Waals surface area contributed by atoms with Crippen molar-refractivity contribution in [2.24, 2.45) is 0 Å². The van der Waals surface area contributed by atoms with Crippen LogP contribution in [0.15, 0.2) is 60.5 Å². The van der Waals surface area contributed by atoms with Gasteiger partial charge in [0.25, 0.3) is 10.1 Å². The Hall–Kier alpha value is -1.91. The molecule has 0 amide bonds. The summed E-state index contributed by atoms with van der Waals surface area (Å²) in [5.41, 5.74) is 0.530. The maximum atomic E-state index is 12.3. The molecule has 2 aromatic rings. The summed E-state index contributed by atoms with van der Waals surface area (Å²) >= 11 is 0. The Morgan fingerprint density at radius 3 is 2.53 bits per heavy atom. The zero-order chi connectivity index (χ0) is 13.9. The first-order valence-electron chi connectivity index (χ1n) is 5.74. The van der Waals surface area contributed by atoms with Crippen LogP contribution in [-0.2, 0) is 14.3 Å². The Balaban J connectivity index is 2.75. The fraction of sp³-hybridized carbons (Fsp3) is 0.0667. The molecule has 19 heavy (non-hydrogen) atoms. The lowest BCUT2D eigenvalue weighted by Gasteiger charge is -2.10. The van der Waals surface area contributed by atoms with E-state index in [1.165, 1.54) is 12.2 Å². The molecule has 2 rings (SSSR count). The molecule has 0 N–H and O–H groups in total. The summed E-state index contributed by atoms with van der Waals surface area (Å²) in [6.45, 7) is 7.05. The minimum atomic E-state index is -3.83. The average Bonchev–Trinajstić information content (AvgIpc) is 2.43. The lowest BCUT2D eigenvalue weighted by atomic mass is 10.1. The van der Waals surface area contributed by atoms with Crippen molar-refractivity contribution in [2.45, 2.75) is 4.90 Å². The number of hydrogen-bond acceptors (Lipinski definition) is 3. The third kappa shape index (κ3) is 2.59. The SMILES string of the molecule is C=CCOS(=O)(=O)c1c(C=C)ccc2ccccc12. The normalized spacial score (nSPS) is 11.4. The van der Waals surface area contributed by atoms with E-state index in [4.69, 9.17) is 4.18 Å². The molecule has 0 heterocycles. The fourth-order valence-electron chi connectivity index (χ4n) is 1.90. The third-order valence-corrected chi connectivity index (χ3v) is 4.12. The second-order valence-electron chi connectivity index (χ2n) is 3.94. The summed E-state index contributed by atoms with van der Waals surface area (Å²) in [4.78, 5) is 0.155. The molecule has 0 saturated heterocycles. The van der Waals surface area contributed by atoms with E-state index in [0.29, 0.717) is 10.9 Å². The highest BCUT2D eigenvalue weighted by atomic mass is 32.2. The molecular weight excluding hydrogens is 260 g/mol. The van der Waals surface area contributed by atoms with Gasteiger partial charge >= 0.3 is 0 Å². The Morgan fingerprint density at radius 1 is 1.11 bits per heavy atom. The Morgan fingerprint density at radius 2 is 1.84 bits per heavy atom. The molecule has 0 aliphatic carbocycles. The van der Waals surface area contributed by atoms with Crippen molar-refractivity contribution in [3.63, 3.8) is 0 Å². The molecule has 3 nitrogen and oxygen atoms in total. The van der Waals surface area contributed by atoms with Gasteiger partial charge in [-0.2, -0.15) is 8.42 Å². The zero-order valence-corrected chi connectivity index (χ0v) is 11.2. The van der Waals surface area contributed by atoms with E-state index >= 15 is 0 Å². The predicted octanol–water partition coefficient (Wildman–Crippen LogP) is 3.37. The molecule has 98 valence electrons. The lowest BCUT2D eigenvalue weighted by Crippen LogP contribution is -2.08. The lowest BCUT2D eigenvalue weighted by molar-refractivity contribution is 0.358. The summed E-state index contributed by atoms with van der Waals surface area (Å²) in [5, 5.41) is 1.47. The minimum absolute atomic E-state index is 0.0534. The molecule has 0 unspecified atom stereocenters. The van der Waals surface area contributed by atoms with Gasteiger partial charge in [0.05, 0.1) is 6.61 Å². The van der Waals surface area contributed by atoms with Crippen molar-refractivity contribution in [3.8, 4) is 0 Å². The van der Waals surface area contributed by atoms with Gasteiger partial charge in [-0.3, -0.25) is 4.18 Å². The molecule has 4 heteroatoms. The first-order chi connectivity index (χ1) is 9.10. The standard InChI is InChI=1S/C15H14O3S/c1-3-11-18-19(16,17)15-12(4-2)9-10-13-7-5-6-8-14(13)15/h3-10H,1-2,11H2. The van der Waals surface area contributed by atoms with Gasteiger partial charge in [-0.25, -0.2) is 0 Å². The molecular formula is C15H14O3S. The smallest absolute Gasteiger partial charge is 0.262 e. The van der Waals surface area contributed by atoms with Crippen LogP contribution in [0, 0.1) is 0 Å². The van der Waals surface area contributed by atoms with Crippen LogP contribution in [0.5, 0.6) is 0 Å². The number of fused-ring (bicyclic) bond motifs is 1. The molecule has 0 spiro atoms. The maximum Gasteiger partial charge on any atom is 0.298 e. The van der Waals surface area contributed by atoms with Gasteiger partial charge < -0.3 is 0 Å². The zero-order valence-electron chi connectivity index (χ0n) is 10.4. The van der Waals surface area contributed by atoms with Crippen molar-refractivity contribution >= 4 is 27.0 Å². The van der Waals surface area contributed by atoms with Crippen LogP contribution in [0.4, 0.5) is 0 Å². The van der Waals surface area contributed by atoms with Crippen molar-refractivity contribution in [2.75, 3.05) is 6.61 Å². The van der Waals surface area contributed by atoms with Gasteiger partial charge in [-0.15, -0.1) is 6.58 Å². The Bertz CT molecular complexity index is 730. The van der Waals surface area contributed by atoms with Crippen molar-refractivity contribution in [3.05, 3.63) is 61.2 Å². The van der Waals surface area contributed by atoms with Crippen molar-refractivity contribution < 1.29 is 12.6 Å². The van der Waals surface area contributed by atoms with Gasteiger partial charge in [-0.1, -0.05) is 55.1 Å². The van der Waals surface area contributed by atoms with Crippen LogP contribution in [-0.4, -0.2) is 15.0 Å². The maximum absolute atomic E-state index is 12.3. The number of benzene rings is 2. The molecule has 0 bridgehead atoms. The summed E-state index contributed by atoms with van der Waals surface area (Å²) in [6, 6.07) is 10.8. The largest absolute Gasteiger partial charge is 0.298 e. The van der Waals surface area contributed by atoms with Gasteiger partial charge in [0, 0.05) is 5.39 Å².